The number of nitrogens with one attached hydrogen (secondary N) is 1. The van der Waals surface area contributed by atoms with Gasteiger partial charge in [0.05, 0.1) is 5.69 Å². The van der Waals surface area contributed by atoms with E-state index in [1.165, 1.54) is 16.3 Å². The second-order valence-electron chi connectivity index (χ2n) is 6.07. The molecule has 0 aliphatic heterocycles. The van der Waals surface area contributed by atoms with Gasteiger partial charge in [-0.15, -0.1) is 0 Å². The molecule has 2 aromatic carbocycles. The first kappa shape index (κ1) is 16.8. The van der Waals surface area contributed by atoms with Crippen molar-refractivity contribution >= 4 is 22.5 Å². The van der Waals surface area contributed by atoms with Crippen molar-refractivity contribution in [2.75, 3.05) is 0 Å². The van der Waals surface area contributed by atoms with Crippen LogP contribution in [0.4, 0.5) is 0 Å². The van der Waals surface area contributed by atoms with Crippen LogP contribution in [0.5, 0.6) is 0 Å². The van der Waals surface area contributed by atoms with E-state index in [1.807, 2.05) is 12.1 Å². The predicted octanol–water partition coefficient (Wildman–Crippen LogP) is 4.79. The van der Waals surface area contributed by atoms with Gasteiger partial charge in [-0.1, -0.05) is 74.5 Å². The highest BCUT2D eigenvalue weighted by Gasteiger charge is 2.09. The summed E-state index contributed by atoms with van der Waals surface area (Å²) >= 11 is 1.64. The molecular weight excluding hydrogens is 316 g/mol. The number of nitrogens with zero attached hydrogens (tertiary/aromatic N) is 1. The summed E-state index contributed by atoms with van der Waals surface area (Å²) in [5.74, 6) is 0. The van der Waals surface area contributed by atoms with Gasteiger partial charge in [0.15, 0.2) is 5.16 Å². The number of hydrogen-bond donors (Lipinski definition) is 1. The molecule has 0 spiro atoms. The van der Waals surface area contributed by atoms with Crippen molar-refractivity contribution in [2.24, 2.45) is 0 Å². The fraction of sp³-hybridized carbons (Fsp3) is 0.300. The second-order valence-corrected chi connectivity index (χ2v) is 7.50. The summed E-state index contributed by atoms with van der Waals surface area (Å²) in [5, 5.41) is 3.60. The van der Waals surface area contributed by atoms with Crippen LogP contribution in [-0.2, 0) is 6.42 Å². The molecule has 24 heavy (non-hydrogen) atoms. The zero-order chi connectivity index (χ0) is 16.9. The lowest BCUT2D eigenvalue weighted by Crippen LogP contribution is -2.11. The summed E-state index contributed by atoms with van der Waals surface area (Å²) in [6.07, 6.45) is 2.91. The van der Waals surface area contributed by atoms with Gasteiger partial charge in [0.2, 0.25) is 0 Å². The number of benzene rings is 2. The molecular formula is C20H22N2OS. The van der Waals surface area contributed by atoms with Gasteiger partial charge in [-0.3, -0.25) is 4.79 Å². The Labute approximate surface area is 146 Å². The Balaban J connectivity index is 1.89. The first-order chi connectivity index (χ1) is 11.7. The Hall–Kier alpha value is -2.07. The monoisotopic (exact) mass is 338 g/mol. The molecule has 0 radical (unpaired) electrons. The Kier molecular flexibility index (Phi) is 5.36. The molecule has 0 aliphatic carbocycles. The third-order valence-electron chi connectivity index (χ3n) is 4.03. The first-order valence-electron chi connectivity index (χ1n) is 8.39. The van der Waals surface area contributed by atoms with E-state index in [9.17, 15) is 4.79 Å². The number of fused-ring (bicyclic) bond motifs is 1. The average Bonchev–Trinajstić information content (AvgIpc) is 2.55. The van der Waals surface area contributed by atoms with E-state index in [1.54, 1.807) is 17.8 Å². The lowest BCUT2D eigenvalue weighted by atomic mass is 10.0. The number of aromatic nitrogens is 2. The van der Waals surface area contributed by atoms with Crippen LogP contribution >= 0.6 is 11.8 Å². The molecule has 1 aromatic heterocycles. The molecule has 1 atom stereocenters. The van der Waals surface area contributed by atoms with Crippen molar-refractivity contribution in [1.29, 1.82) is 0 Å². The van der Waals surface area contributed by atoms with Crippen molar-refractivity contribution in [3.05, 3.63) is 70.1 Å². The maximum absolute atomic E-state index is 12.0. The first-order valence-corrected chi connectivity index (χ1v) is 9.27. The third kappa shape index (κ3) is 4.06. The van der Waals surface area contributed by atoms with E-state index in [2.05, 4.69) is 54.1 Å². The number of aromatic amines is 1. The standard InChI is InChI=1S/C20H22N2OS/c1-3-7-14(2)24-20-21-17(13-19(23)22-20)12-16-10-6-9-15-8-4-5-11-18(15)16/h4-6,8-11,13-14H,3,7,12H2,1-2H3,(H,21,22,23). The minimum absolute atomic E-state index is 0.0774. The van der Waals surface area contributed by atoms with Crippen LogP contribution in [0.2, 0.25) is 0 Å². The Morgan fingerprint density at radius 3 is 2.79 bits per heavy atom. The molecule has 4 heteroatoms. The third-order valence-corrected chi connectivity index (χ3v) is 5.09. The minimum Gasteiger partial charge on any atom is -0.301 e. The largest absolute Gasteiger partial charge is 0.301 e. The van der Waals surface area contributed by atoms with Crippen molar-refractivity contribution in [3.8, 4) is 0 Å². The highest BCUT2D eigenvalue weighted by Crippen LogP contribution is 2.24. The number of H-pyrrole nitrogens is 1. The predicted molar refractivity (Wildman–Crippen MR) is 102 cm³/mol. The van der Waals surface area contributed by atoms with Gasteiger partial charge in [-0.05, 0) is 22.8 Å². The zero-order valence-electron chi connectivity index (χ0n) is 14.1. The molecule has 124 valence electrons. The zero-order valence-corrected chi connectivity index (χ0v) is 14.9. The van der Waals surface area contributed by atoms with Crippen LogP contribution < -0.4 is 5.56 Å². The van der Waals surface area contributed by atoms with E-state index in [0.29, 0.717) is 11.7 Å². The number of rotatable bonds is 6. The fourth-order valence-corrected chi connectivity index (χ4v) is 3.99. The highest BCUT2D eigenvalue weighted by atomic mass is 32.2. The van der Waals surface area contributed by atoms with Crippen molar-refractivity contribution in [1.82, 2.24) is 9.97 Å². The Morgan fingerprint density at radius 1 is 1.17 bits per heavy atom. The molecule has 3 nitrogen and oxygen atoms in total. The van der Waals surface area contributed by atoms with E-state index in [4.69, 9.17) is 0 Å². The molecule has 0 saturated carbocycles. The van der Waals surface area contributed by atoms with Crippen LogP contribution in [0.25, 0.3) is 10.8 Å². The summed E-state index contributed by atoms with van der Waals surface area (Å²) in [6, 6.07) is 16.2. The maximum Gasteiger partial charge on any atom is 0.251 e. The molecule has 1 unspecified atom stereocenters. The molecule has 1 N–H and O–H groups in total. The molecule has 0 aliphatic rings. The molecule has 3 aromatic rings. The van der Waals surface area contributed by atoms with Gasteiger partial charge in [0, 0.05) is 17.7 Å². The van der Waals surface area contributed by atoms with Gasteiger partial charge in [0.1, 0.15) is 0 Å². The van der Waals surface area contributed by atoms with E-state index in [0.717, 1.165) is 23.7 Å². The van der Waals surface area contributed by atoms with Gasteiger partial charge in [-0.25, -0.2) is 4.98 Å². The lowest BCUT2D eigenvalue weighted by molar-refractivity contribution is 0.778. The minimum atomic E-state index is -0.0774. The van der Waals surface area contributed by atoms with Gasteiger partial charge in [0.25, 0.3) is 5.56 Å². The van der Waals surface area contributed by atoms with Crippen LogP contribution in [0, 0.1) is 0 Å². The molecule has 0 fully saturated rings. The smallest absolute Gasteiger partial charge is 0.251 e. The van der Waals surface area contributed by atoms with E-state index in [-0.39, 0.29) is 5.56 Å². The summed E-state index contributed by atoms with van der Waals surface area (Å²) < 4.78 is 0. The van der Waals surface area contributed by atoms with Crippen LogP contribution in [-0.4, -0.2) is 15.2 Å². The molecule has 0 saturated heterocycles. The quantitative estimate of drug-likeness (QED) is 0.519. The van der Waals surface area contributed by atoms with E-state index >= 15 is 0 Å². The summed E-state index contributed by atoms with van der Waals surface area (Å²) in [7, 11) is 0. The van der Waals surface area contributed by atoms with Crippen molar-refractivity contribution in [2.45, 2.75) is 43.5 Å². The molecule has 0 bridgehead atoms. The Morgan fingerprint density at radius 2 is 1.96 bits per heavy atom. The molecule has 0 amide bonds. The molecule has 1 heterocycles. The van der Waals surface area contributed by atoms with Crippen molar-refractivity contribution in [3.63, 3.8) is 0 Å². The van der Waals surface area contributed by atoms with Crippen LogP contribution in [0.15, 0.2) is 58.5 Å². The van der Waals surface area contributed by atoms with Gasteiger partial charge < -0.3 is 4.98 Å². The van der Waals surface area contributed by atoms with Gasteiger partial charge >= 0.3 is 0 Å². The average molecular weight is 338 g/mol. The summed E-state index contributed by atoms with van der Waals surface area (Å²) in [6.45, 7) is 4.34. The summed E-state index contributed by atoms with van der Waals surface area (Å²) in [5.41, 5.74) is 1.94. The Bertz CT molecular complexity index is 883. The van der Waals surface area contributed by atoms with Crippen LogP contribution in [0.3, 0.4) is 0 Å². The second kappa shape index (κ2) is 7.67. The maximum atomic E-state index is 12.0. The highest BCUT2D eigenvalue weighted by molar-refractivity contribution is 7.99. The molecule has 3 rings (SSSR count). The topological polar surface area (TPSA) is 45.8 Å². The van der Waals surface area contributed by atoms with Crippen molar-refractivity contribution < 1.29 is 0 Å². The van der Waals surface area contributed by atoms with Gasteiger partial charge in [-0.2, -0.15) is 0 Å². The van der Waals surface area contributed by atoms with E-state index < -0.39 is 0 Å². The SMILES string of the molecule is CCCC(C)Sc1nc(Cc2cccc3ccccc23)cc(=O)[nH]1. The normalized spacial score (nSPS) is 12.4. The fourth-order valence-electron chi connectivity index (χ4n) is 2.93. The lowest BCUT2D eigenvalue weighted by Gasteiger charge is -2.10. The number of thioether (sulfide) groups is 1. The van der Waals surface area contributed by atoms with Crippen LogP contribution in [0.1, 0.15) is 37.9 Å². The summed E-state index contributed by atoms with van der Waals surface area (Å²) in [4.78, 5) is 19.5. The number of hydrogen-bond acceptors (Lipinski definition) is 3.